The molecule has 122 valence electrons. The highest BCUT2D eigenvalue weighted by Gasteiger charge is 2.17. The first kappa shape index (κ1) is 15.7. The molecule has 1 aromatic heterocycles. The Bertz CT molecular complexity index is 943. The lowest BCUT2D eigenvalue weighted by Gasteiger charge is -2.05. The molecule has 1 amide bonds. The van der Waals surface area contributed by atoms with Gasteiger partial charge in [0.15, 0.2) is 0 Å². The molecule has 0 saturated carbocycles. The van der Waals surface area contributed by atoms with Crippen molar-refractivity contribution in [3.8, 4) is 0 Å². The molecule has 6 heteroatoms. The number of hydrogen-bond donors (Lipinski definition) is 1. The lowest BCUT2D eigenvalue weighted by molar-refractivity contribution is -0.383. The number of anilines is 1. The topological polar surface area (TPSA) is 85.4 Å². The fraction of sp³-hybridized carbons (Fsp3) is 0.167. The summed E-state index contributed by atoms with van der Waals surface area (Å²) < 4.78 is 5.59. The largest absolute Gasteiger partial charge is 0.464 e. The zero-order chi connectivity index (χ0) is 17.3. The Hall–Kier alpha value is -3.15. The summed E-state index contributed by atoms with van der Waals surface area (Å²) in [5, 5.41) is 14.5. The first-order valence-electron chi connectivity index (χ1n) is 7.47. The Morgan fingerprint density at radius 1 is 1.21 bits per heavy atom. The SMILES string of the molecule is Cc1ccc2c(CC(=O)Nc3ccccc3[N+](=O)[O-])coc2c1C. The molecule has 0 fully saturated rings. The van der Waals surface area contributed by atoms with E-state index in [0.29, 0.717) is 0 Å². The molecule has 2 aromatic carbocycles. The van der Waals surface area contributed by atoms with E-state index in [9.17, 15) is 14.9 Å². The van der Waals surface area contributed by atoms with Crippen LogP contribution in [0, 0.1) is 24.0 Å². The second-order valence-electron chi connectivity index (χ2n) is 5.64. The molecule has 3 aromatic rings. The normalized spacial score (nSPS) is 10.8. The van der Waals surface area contributed by atoms with E-state index in [2.05, 4.69) is 5.32 Å². The van der Waals surface area contributed by atoms with E-state index in [4.69, 9.17) is 4.42 Å². The minimum absolute atomic E-state index is 0.0849. The number of nitrogens with zero attached hydrogens (tertiary/aromatic N) is 1. The van der Waals surface area contributed by atoms with Gasteiger partial charge in [0.1, 0.15) is 11.3 Å². The number of carbonyl (C=O) groups excluding carboxylic acids is 1. The molecule has 0 atom stereocenters. The van der Waals surface area contributed by atoms with Gasteiger partial charge in [-0.05, 0) is 31.0 Å². The van der Waals surface area contributed by atoms with E-state index in [-0.39, 0.29) is 23.7 Å². The van der Waals surface area contributed by atoms with Crippen LogP contribution >= 0.6 is 0 Å². The van der Waals surface area contributed by atoms with Crippen molar-refractivity contribution in [3.63, 3.8) is 0 Å². The molecular weight excluding hydrogens is 308 g/mol. The van der Waals surface area contributed by atoms with Crippen LogP contribution in [-0.4, -0.2) is 10.8 Å². The zero-order valence-corrected chi connectivity index (χ0v) is 13.3. The van der Waals surface area contributed by atoms with E-state index in [1.165, 1.54) is 12.1 Å². The Morgan fingerprint density at radius 2 is 1.96 bits per heavy atom. The molecular formula is C18H16N2O4. The minimum atomic E-state index is -0.519. The maximum Gasteiger partial charge on any atom is 0.292 e. The van der Waals surface area contributed by atoms with E-state index in [0.717, 1.165) is 27.7 Å². The number of rotatable bonds is 4. The second kappa shape index (κ2) is 6.16. The molecule has 0 saturated heterocycles. The fourth-order valence-electron chi connectivity index (χ4n) is 2.63. The number of hydrogen-bond acceptors (Lipinski definition) is 4. The lowest BCUT2D eigenvalue weighted by atomic mass is 10.0. The number of aryl methyl sites for hydroxylation is 2. The van der Waals surface area contributed by atoms with Crippen LogP contribution in [-0.2, 0) is 11.2 Å². The first-order chi connectivity index (χ1) is 11.5. The van der Waals surface area contributed by atoms with Gasteiger partial charge >= 0.3 is 0 Å². The van der Waals surface area contributed by atoms with Crippen LogP contribution < -0.4 is 5.32 Å². The number of fused-ring (bicyclic) bond motifs is 1. The van der Waals surface area contributed by atoms with Crippen molar-refractivity contribution in [1.29, 1.82) is 0 Å². The van der Waals surface area contributed by atoms with Crippen molar-refractivity contribution in [3.05, 3.63) is 69.5 Å². The summed E-state index contributed by atoms with van der Waals surface area (Å²) in [6.45, 7) is 3.97. The molecule has 1 heterocycles. The minimum Gasteiger partial charge on any atom is -0.464 e. The molecule has 0 unspecified atom stereocenters. The number of benzene rings is 2. The maximum atomic E-state index is 12.3. The summed E-state index contributed by atoms with van der Waals surface area (Å²) in [5.74, 6) is -0.328. The van der Waals surface area contributed by atoms with Crippen molar-refractivity contribution >= 4 is 28.3 Å². The lowest BCUT2D eigenvalue weighted by Crippen LogP contribution is -2.15. The van der Waals surface area contributed by atoms with Gasteiger partial charge in [0, 0.05) is 17.0 Å². The highest BCUT2D eigenvalue weighted by atomic mass is 16.6. The maximum absolute atomic E-state index is 12.3. The number of nitrogens with one attached hydrogen (secondary N) is 1. The highest BCUT2D eigenvalue weighted by molar-refractivity contribution is 5.97. The summed E-state index contributed by atoms with van der Waals surface area (Å²) in [6.07, 6.45) is 1.65. The zero-order valence-electron chi connectivity index (χ0n) is 13.3. The van der Waals surface area contributed by atoms with Crippen LogP contribution in [0.4, 0.5) is 11.4 Å². The summed E-state index contributed by atoms with van der Waals surface area (Å²) in [7, 11) is 0. The number of carbonyl (C=O) groups is 1. The summed E-state index contributed by atoms with van der Waals surface area (Å²) in [4.78, 5) is 22.8. The summed E-state index contributed by atoms with van der Waals surface area (Å²) >= 11 is 0. The van der Waals surface area contributed by atoms with Crippen LogP contribution in [0.15, 0.2) is 47.1 Å². The molecule has 0 aliphatic carbocycles. The van der Waals surface area contributed by atoms with Gasteiger partial charge in [-0.25, -0.2) is 0 Å². The average Bonchev–Trinajstić information content (AvgIpc) is 2.94. The first-order valence-corrected chi connectivity index (χ1v) is 7.47. The van der Waals surface area contributed by atoms with Crippen LogP contribution in [0.2, 0.25) is 0 Å². The van der Waals surface area contributed by atoms with Gasteiger partial charge in [-0.2, -0.15) is 0 Å². The number of furan rings is 1. The van der Waals surface area contributed by atoms with Crippen LogP contribution in [0.25, 0.3) is 11.0 Å². The van der Waals surface area contributed by atoms with E-state index in [1.54, 1.807) is 18.4 Å². The average molecular weight is 324 g/mol. The molecule has 1 N–H and O–H groups in total. The quantitative estimate of drug-likeness (QED) is 0.577. The van der Waals surface area contributed by atoms with Gasteiger partial charge in [0.25, 0.3) is 5.69 Å². The van der Waals surface area contributed by atoms with Crippen molar-refractivity contribution in [2.24, 2.45) is 0 Å². The van der Waals surface area contributed by atoms with Crippen LogP contribution in [0.1, 0.15) is 16.7 Å². The molecule has 0 aliphatic heterocycles. The van der Waals surface area contributed by atoms with Gasteiger partial charge in [-0.1, -0.05) is 24.3 Å². The summed E-state index contributed by atoms with van der Waals surface area (Å²) in [5.41, 5.74) is 3.74. The molecule has 0 bridgehead atoms. The third kappa shape index (κ3) is 2.86. The van der Waals surface area contributed by atoms with Crippen molar-refractivity contribution < 1.29 is 14.1 Å². The van der Waals surface area contributed by atoms with E-state index < -0.39 is 4.92 Å². The van der Waals surface area contributed by atoms with Crippen molar-refractivity contribution in [1.82, 2.24) is 0 Å². The van der Waals surface area contributed by atoms with E-state index >= 15 is 0 Å². The van der Waals surface area contributed by atoms with Crippen molar-refractivity contribution in [2.45, 2.75) is 20.3 Å². The molecule has 3 rings (SSSR count). The van der Waals surface area contributed by atoms with Gasteiger partial charge in [0.2, 0.25) is 5.91 Å². The van der Waals surface area contributed by atoms with Crippen molar-refractivity contribution in [2.75, 3.05) is 5.32 Å². The fourth-order valence-corrected chi connectivity index (χ4v) is 2.63. The molecule has 0 spiro atoms. The Morgan fingerprint density at radius 3 is 2.71 bits per heavy atom. The molecule has 6 nitrogen and oxygen atoms in total. The van der Waals surface area contributed by atoms with Crippen LogP contribution in [0.5, 0.6) is 0 Å². The Labute approximate surface area is 138 Å². The predicted octanol–water partition coefficient (Wildman–Crippen LogP) is 4.14. The number of para-hydroxylation sites is 2. The number of nitro groups is 1. The number of nitro benzene ring substituents is 1. The standard InChI is InChI=1S/C18H16N2O4/c1-11-7-8-14-13(10-24-18(14)12(11)2)9-17(21)19-15-5-3-4-6-16(15)20(22)23/h3-8,10H,9H2,1-2H3,(H,19,21). The van der Waals surface area contributed by atoms with Gasteiger partial charge in [-0.3, -0.25) is 14.9 Å². The smallest absolute Gasteiger partial charge is 0.292 e. The van der Waals surface area contributed by atoms with Gasteiger partial charge in [-0.15, -0.1) is 0 Å². The third-order valence-corrected chi connectivity index (χ3v) is 4.07. The van der Waals surface area contributed by atoms with E-state index in [1.807, 2.05) is 26.0 Å². The Kier molecular flexibility index (Phi) is 4.04. The third-order valence-electron chi connectivity index (χ3n) is 4.07. The molecule has 24 heavy (non-hydrogen) atoms. The predicted molar refractivity (Wildman–Crippen MR) is 91.1 cm³/mol. The number of amides is 1. The highest BCUT2D eigenvalue weighted by Crippen LogP contribution is 2.28. The molecule has 0 aliphatic rings. The van der Waals surface area contributed by atoms with Crippen LogP contribution in [0.3, 0.4) is 0 Å². The van der Waals surface area contributed by atoms with Gasteiger partial charge < -0.3 is 9.73 Å². The van der Waals surface area contributed by atoms with Gasteiger partial charge in [0.05, 0.1) is 17.6 Å². The summed E-state index contributed by atoms with van der Waals surface area (Å²) in [6, 6.07) is 9.97. The Balaban J connectivity index is 1.84. The molecule has 0 radical (unpaired) electrons. The monoisotopic (exact) mass is 324 g/mol. The second-order valence-corrected chi connectivity index (χ2v) is 5.64.